The van der Waals surface area contributed by atoms with E-state index in [9.17, 15) is 4.79 Å². The molecule has 0 atom stereocenters. The Morgan fingerprint density at radius 1 is 1.35 bits per heavy atom. The van der Waals surface area contributed by atoms with Crippen molar-refractivity contribution in [1.29, 1.82) is 0 Å². The number of nitrogens with zero attached hydrogens (tertiary/aromatic N) is 3. The molecule has 2 N–H and O–H groups in total. The van der Waals surface area contributed by atoms with Crippen LogP contribution < -0.4 is 20.5 Å². The SMILES string of the molecule is COc1cccc(/C=N/Nc2nncc(=O)[nH]2)c1OC. The minimum Gasteiger partial charge on any atom is -0.493 e. The van der Waals surface area contributed by atoms with E-state index in [0.717, 1.165) is 6.20 Å². The van der Waals surface area contributed by atoms with Crippen LogP contribution in [0, 0.1) is 0 Å². The molecule has 20 heavy (non-hydrogen) atoms. The maximum Gasteiger partial charge on any atom is 0.271 e. The number of methoxy groups -OCH3 is 2. The zero-order valence-electron chi connectivity index (χ0n) is 11.0. The van der Waals surface area contributed by atoms with Crippen LogP contribution in [0.1, 0.15) is 5.56 Å². The lowest BCUT2D eigenvalue weighted by Crippen LogP contribution is -2.10. The first-order valence-electron chi connectivity index (χ1n) is 5.66. The molecule has 0 bridgehead atoms. The largest absolute Gasteiger partial charge is 0.493 e. The smallest absolute Gasteiger partial charge is 0.271 e. The summed E-state index contributed by atoms with van der Waals surface area (Å²) in [4.78, 5) is 13.5. The van der Waals surface area contributed by atoms with Crippen LogP contribution in [0.15, 0.2) is 34.3 Å². The van der Waals surface area contributed by atoms with E-state index in [2.05, 4.69) is 25.7 Å². The number of hydrazone groups is 1. The van der Waals surface area contributed by atoms with Gasteiger partial charge in [0.2, 0.25) is 5.95 Å². The summed E-state index contributed by atoms with van der Waals surface area (Å²) in [5.74, 6) is 1.31. The van der Waals surface area contributed by atoms with Gasteiger partial charge in [0.25, 0.3) is 5.56 Å². The van der Waals surface area contributed by atoms with Gasteiger partial charge in [-0.3, -0.25) is 9.78 Å². The first-order valence-corrected chi connectivity index (χ1v) is 5.66. The first-order chi connectivity index (χ1) is 9.74. The lowest BCUT2D eigenvalue weighted by molar-refractivity contribution is 0.354. The lowest BCUT2D eigenvalue weighted by atomic mass is 10.2. The van der Waals surface area contributed by atoms with Crippen molar-refractivity contribution in [2.45, 2.75) is 0 Å². The van der Waals surface area contributed by atoms with E-state index in [1.165, 1.54) is 6.21 Å². The van der Waals surface area contributed by atoms with Crippen molar-refractivity contribution in [3.05, 3.63) is 40.3 Å². The summed E-state index contributed by atoms with van der Waals surface area (Å²) in [5, 5.41) is 11.1. The molecule has 104 valence electrons. The summed E-state index contributed by atoms with van der Waals surface area (Å²) in [6, 6.07) is 5.41. The first kappa shape index (κ1) is 13.5. The van der Waals surface area contributed by atoms with Crippen molar-refractivity contribution < 1.29 is 9.47 Å². The predicted molar refractivity (Wildman–Crippen MR) is 73.4 cm³/mol. The highest BCUT2D eigenvalue weighted by atomic mass is 16.5. The number of aromatic nitrogens is 3. The molecule has 1 aromatic carbocycles. The highest BCUT2D eigenvalue weighted by Gasteiger charge is 2.07. The fraction of sp³-hybridized carbons (Fsp3) is 0.167. The molecule has 0 aliphatic heterocycles. The number of rotatable bonds is 5. The van der Waals surface area contributed by atoms with E-state index in [1.807, 2.05) is 12.1 Å². The molecular formula is C12H13N5O3. The summed E-state index contributed by atoms with van der Waals surface area (Å²) in [7, 11) is 3.10. The Kier molecular flexibility index (Phi) is 4.28. The van der Waals surface area contributed by atoms with Crippen molar-refractivity contribution in [1.82, 2.24) is 15.2 Å². The van der Waals surface area contributed by atoms with Gasteiger partial charge in [0, 0.05) is 5.56 Å². The number of benzene rings is 1. The van der Waals surface area contributed by atoms with Crippen LogP contribution in [-0.2, 0) is 0 Å². The van der Waals surface area contributed by atoms with Crippen LogP contribution in [-0.4, -0.2) is 35.6 Å². The summed E-state index contributed by atoms with van der Waals surface area (Å²) in [6.07, 6.45) is 2.59. The molecule has 0 saturated carbocycles. The molecular weight excluding hydrogens is 262 g/mol. The van der Waals surface area contributed by atoms with E-state index in [4.69, 9.17) is 9.47 Å². The number of anilines is 1. The average Bonchev–Trinajstić information content (AvgIpc) is 2.47. The fourth-order valence-corrected chi connectivity index (χ4v) is 1.54. The maximum absolute atomic E-state index is 11.0. The topological polar surface area (TPSA) is 101 Å². The minimum atomic E-state index is -0.364. The molecule has 0 unspecified atom stereocenters. The number of hydrogen-bond acceptors (Lipinski definition) is 7. The summed E-state index contributed by atoms with van der Waals surface area (Å²) < 4.78 is 10.4. The Hall–Kier alpha value is -2.90. The molecule has 1 aromatic heterocycles. The number of nitrogens with one attached hydrogen (secondary N) is 2. The molecule has 0 aliphatic carbocycles. The van der Waals surface area contributed by atoms with Crippen LogP contribution >= 0.6 is 0 Å². The number of H-pyrrole nitrogens is 1. The van der Waals surface area contributed by atoms with Crippen LogP contribution in [0.4, 0.5) is 5.95 Å². The zero-order valence-corrected chi connectivity index (χ0v) is 11.0. The van der Waals surface area contributed by atoms with Crippen LogP contribution in [0.25, 0.3) is 0 Å². The minimum absolute atomic E-state index is 0.149. The van der Waals surface area contributed by atoms with Gasteiger partial charge in [0.15, 0.2) is 11.5 Å². The van der Waals surface area contributed by atoms with Crippen molar-refractivity contribution in [2.24, 2.45) is 5.10 Å². The Labute approximate surface area is 114 Å². The number of ether oxygens (including phenoxy) is 2. The van der Waals surface area contributed by atoms with Crippen molar-refractivity contribution in [3.8, 4) is 11.5 Å². The van der Waals surface area contributed by atoms with Gasteiger partial charge in [-0.2, -0.15) is 5.10 Å². The van der Waals surface area contributed by atoms with Crippen LogP contribution in [0.3, 0.4) is 0 Å². The molecule has 1 heterocycles. The normalized spacial score (nSPS) is 10.5. The summed E-state index contributed by atoms with van der Waals surface area (Å²) in [6.45, 7) is 0. The van der Waals surface area contributed by atoms with Crippen LogP contribution in [0.2, 0.25) is 0 Å². The Bertz CT molecular complexity index is 668. The number of hydrogen-bond donors (Lipinski definition) is 2. The van der Waals surface area contributed by atoms with Crippen LogP contribution in [0.5, 0.6) is 11.5 Å². The van der Waals surface area contributed by atoms with E-state index in [0.29, 0.717) is 17.1 Å². The Morgan fingerprint density at radius 3 is 2.90 bits per heavy atom. The molecule has 0 radical (unpaired) electrons. The van der Waals surface area contributed by atoms with Gasteiger partial charge >= 0.3 is 0 Å². The quantitative estimate of drug-likeness (QED) is 0.613. The highest BCUT2D eigenvalue weighted by Crippen LogP contribution is 2.29. The van der Waals surface area contributed by atoms with Gasteiger partial charge in [0.1, 0.15) is 6.20 Å². The molecule has 0 spiro atoms. The van der Waals surface area contributed by atoms with Gasteiger partial charge in [-0.1, -0.05) is 6.07 Å². The molecule has 2 aromatic rings. The maximum atomic E-state index is 11.0. The van der Waals surface area contributed by atoms with E-state index >= 15 is 0 Å². The molecule has 0 amide bonds. The number of para-hydroxylation sites is 1. The third-order valence-electron chi connectivity index (χ3n) is 2.38. The molecule has 0 fully saturated rings. The molecule has 0 saturated heterocycles. The lowest BCUT2D eigenvalue weighted by Gasteiger charge is -2.09. The molecule has 2 rings (SSSR count). The monoisotopic (exact) mass is 275 g/mol. The zero-order chi connectivity index (χ0) is 14.4. The predicted octanol–water partition coefficient (Wildman–Crippen LogP) is 0.628. The van der Waals surface area contributed by atoms with Gasteiger partial charge in [0.05, 0.1) is 20.4 Å². The summed E-state index contributed by atoms with van der Waals surface area (Å²) >= 11 is 0. The second-order valence-corrected chi connectivity index (χ2v) is 3.64. The molecule has 8 heteroatoms. The standard InChI is InChI=1S/C12H13N5O3/c1-19-9-5-3-4-8(11(9)20-2)6-13-16-12-15-10(18)7-14-17-12/h3-7H,1-2H3,(H2,15,16,17,18)/b13-6+. The second kappa shape index (κ2) is 6.32. The summed E-state index contributed by atoms with van der Waals surface area (Å²) in [5.41, 5.74) is 2.92. The van der Waals surface area contributed by atoms with E-state index in [1.54, 1.807) is 20.3 Å². The average molecular weight is 275 g/mol. The van der Waals surface area contributed by atoms with Gasteiger partial charge in [-0.15, -0.1) is 10.2 Å². The highest BCUT2D eigenvalue weighted by molar-refractivity contribution is 5.85. The fourth-order valence-electron chi connectivity index (χ4n) is 1.54. The van der Waals surface area contributed by atoms with Gasteiger partial charge < -0.3 is 9.47 Å². The molecule has 8 nitrogen and oxygen atoms in total. The third-order valence-corrected chi connectivity index (χ3v) is 2.38. The number of aromatic amines is 1. The van der Waals surface area contributed by atoms with Crippen molar-refractivity contribution in [2.75, 3.05) is 19.6 Å². The van der Waals surface area contributed by atoms with Gasteiger partial charge in [-0.25, -0.2) is 5.43 Å². The van der Waals surface area contributed by atoms with Crippen molar-refractivity contribution >= 4 is 12.2 Å². The van der Waals surface area contributed by atoms with Gasteiger partial charge in [-0.05, 0) is 12.1 Å². The van der Waals surface area contributed by atoms with E-state index in [-0.39, 0.29) is 11.5 Å². The second-order valence-electron chi connectivity index (χ2n) is 3.64. The third kappa shape index (κ3) is 3.10. The Balaban J connectivity index is 2.17. The Morgan fingerprint density at radius 2 is 2.20 bits per heavy atom. The molecule has 0 aliphatic rings. The van der Waals surface area contributed by atoms with E-state index < -0.39 is 0 Å². The van der Waals surface area contributed by atoms with Crippen molar-refractivity contribution in [3.63, 3.8) is 0 Å².